The average Bonchev–Trinajstić information content (AvgIpc) is 3.23. The van der Waals surface area contributed by atoms with Crippen molar-refractivity contribution in [2.75, 3.05) is 13.6 Å². The Bertz CT molecular complexity index is 907. The average molecular weight is 393 g/mol. The maximum Gasteiger partial charge on any atom is 0.328 e. The second-order valence-corrected chi connectivity index (χ2v) is 7.75. The Morgan fingerprint density at radius 3 is 2.62 bits per heavy atom. The van der Waals surface area contributed by atoms with Crippen LogP contribution in [0.15, 0.2) is 53.3 Å². The minimum Gasteiger partial charge on any atom is -0.312 e. The third kappa shape index (κ3) is 3.10. The number of fused-ring (bicyclic) bond motifs is 3. The number of hydrogen-bond acceptors (Lipinski definition) is 5. The summed E-state index contributed by atoms with van der Waals surface area (Å²) in [6.07, 6.45) is 6.23. The molecule has 29 heavy (non-hydrogen) atoms. The summed E-state index contributed by atoms with van der Waals surface area (Å²) in [6, 6.07) is 9.28. The van der Waals surface area contributed by atoms with E-state index in [4.69, 9.17) is 4.99 Å². The van der Waals surface area contributed by atoms with Gasteiger partial charge in [-0.25, -0.2) is 9.79 Å². The topological polar surface area (TPSA) is 59.5 Å². The molecule has 3 atom stereocenters. The van der Waals surface area contributed by atoms with Gasteiger partial charge in [-0.1, -0.05) is 49.4 Å². The van der Waals surface area contributed by atoms with Crippen molar-refractivity contribution < 1.29 is 9.59 Å². The summed E-state index contributed by atoms with van der Waals surface area (Å²) in [6.45, 7) is 6.54. The van der Waals surface area contributed by atoms with Gasteiger partial charge in [-0.2, -0.15) is 0 Å². The monoisotopic (exact) mass is 393 g/mol. The van der Waals surface area contributed by atoms with Crippen molar-refractivity contribution in [1.29, 1.82) is 0 Å². The number of urea groups is 1. The molecule has 1 fully saturated rings. The number of guanidine groups is 1. The van der Waals surface area contributed by atoms with Crippen LogP contribution in [0.1, 0.15) is 32.8 Å². The highest BCUT2D eigenvalue weighted by Gasteiger charge is 2.54. The van der Waals surface area contributed by atoms with E-state index in [1.54, 1.807) is 11.9 Å². The smallest absolute Gasteiger partial charge is 0.312 e. The summed E-state index contributed by atoms with van der Waals surface area (Å²) >= 11 is 0. The van der Waals surface area contributed by atoms with Gasteiger partial charge in [0, 0.05) is 31.5 Å². The van der Waals surface area contributed by atoms with Crippen LogP contribution in [0.3, 0.4) is 0 Å². The highest BCUT2D eigenvalue weighted by Crippen LogP contribution is 2.35. The molecule has 152 valence electrons. The molecule has 0 radical (unpaired) electrons. The van der Waals surface area contributed by atoms with Crippen molar-refractivity contribution >= 4 is 24.0 Å². The molecular formula is C22H27N5O2. The first-order valence-electron chi connectivity index (χ1n) is 10.1. The van der Waals surface area contributed by atoms with E-state index in [-0.39, 0.29) is 24.5 Å². The lowest BCUT2D eigenvalue weighted by atomic mass is 10.1. The quantitative estimate of drug-likeness (QED) is 0.772. The number of imide groups is 1. The summed E-state index contributed by atoms with van der Waals surface area (Å²) in [4.78, 5) is 37.9. The van der Waals surface area contributed by atoms with Crippen LogP contribution >= 0.6 is 0 Å². The van der Waals surface area contributed by atoms with E-state index in [0.717, 1.165) is 23.6 Å². The molecule has 3 aliphatic rings. The molecule has 7 heteroatoms. The third-order valence-electron chi connectivity index (χ3n) is 5.86. The minimum atomic E-state index is -0.512. The Hall–Kier alpha value is -3.09. The first-order valence-corrected chi connectivity index (χ1v) is 10.1. The highest BCUT2D eigenvalue weighted by atomic mass is 16.2. The Kier molecular flexibility index (Phi) is 4.90. The van der Waals surface area contributed by atoms with Gasteiger partial charge in [0.2, 0.25) is 5.96 Å². The summed E-state index contributed by atoms with van der Waals surface area (Å²) in [5.74, 6) is 0.561. The van der Waals surface area contributed by atoms with Gasteiger partial charge in [-0.15, -0.1) is 0 Å². The molecule has 0 spiro atoms. The number of likely N-dealkylation sites (N-methyl/N-ethyl adjacent to an activating group) is 1. The SMILES string of the molecule is CCC(C)N1C(C)=CN2C1=NC1C2C(=O)N(C/C=C/c2ccccc2)C(=O)N1C. The van der Waals surface area contributed by atoms with Gasteiger partial charge in [0.1, 0.15) is 0 Å². The molecule has 0 bridgehead atoms. The molecule has 3 unspecified atom stereocenters. The number of carbonyl (C=O) groups is 2. The van der Waals surface area contributed by atoms with Crippen LogP contribution in [0.25, 0.3) is 6.08 Å². The number of hydrogen-bond donors (Lipinski definition) is 0. The van der Waals surface area contributed by atoms with Crippen LogP contribution in [-0.4, -0.2) is 69.3 Å². The molecule has 1 aromatic carbocycles. The van der Waals surface area contributed by atoms with Crippen LogP contribution in [-0.2, 0) is 4.79 Å². The van der Waals surface area contributed by atoms with Crippen molar-refractivity contribution in [2.45, 2.75) is 45.4 Å². The molecule has 0 aliphatic carbocycles. The first kappa shape index (κ1) is 19.2. The van der Waals surface area contributed by atoms with Gasteiger partial charge < -0.3 is 14.7 Å². The minimum absolute atomic E-state index is 0.204. The number of benzene rings is 1. The fraction of sp³-hybridized carbons (Fsp3) is 0.409. The van der Waals surface area contributed by atoms with E-state index < -0.39 is 12.2 Å². The predicted molar refractivity (Wildman–Crippen MR) is 113 cm³/mol. The highest BCUT2D eigenvalue weighted by molar-refractivity contribution is 6.05. The van der Waals surface area contributed by atoms with Crippen LogP contribution in [0, 0.1) is 0 Å². The first-order chi connectivity index (χ1) is 13.9. The summed E-state index contributed by atoms with van der Waals surface area (Å²) in [5, 5.41) is 0. The predicted octanol–water partition coefficient (Wildman–Crippen LogP) is 2.94. The van der Waals surface area contributed by atoms with Crippen LogP contribution in [0.4, 0.5) is 4.79 Å². The van der Waals surface area contributed by atoms with E-state index in [0.29, 0.717) is 0 Å². The summed E-state index contributed by atoms with van der Waals surface area (Å²) in [5.41, 5.74) is 2.10. The second kappa shape index (κ2) is 7.39. The zero-order valence-electron chi connectivity index (χ0n) is 17.3. The molecule has 0 aromatic heterocycles. The van der Waals surface area contributed by atoms with Crippen LogP contribution in [0.2, 0.25) is 0 Å². The normalized spacial score (nSPS) is 24.8. The number of rotatable bonds is 5. The van der Waals surface area contributed by atoms with Crippen LogP contribution < -0.4 is 0 Å². The van der Waals surface area contributed by atoms with Crippen molar-refractivity contribution in [3.63, 3.8) is 0 Å². The lowest BCUT2D eigenvalue weighted by Gasteiger charge is -2.39. The maximum absolute atomic E-state index is 13.3. The molecule has 0 saturated carbocycles. The molecule has 0 N–H and O–H groups in total. The van der Waals surface area contributed by atoms with Crippen molar-refractivity contribution in [1.82, 2.24) is 19.6 Å². The van der Waals surface area contributed by atoms with Gasteiger partial charge >= 0.3 is 6.03 Å². The van der Waals surface area contributed by atoms with Gasteiger partial charge in [0.15, 0.2) is 12.2 Å². The number of carbonyl (C=O) groups excluding carboxylic acids is 2. The van der Waals surface area contributed by atoms with E-state index in [2.05, 4.69) is 18.7 Å². The fourth-order valence-corrected chi connectivity index (χ4v) is 4.13. The molecule has 3 amide bonds. The third-order valence-corrected chi connectivity index (χ3v) is 5.86. The van der Waals surface area contributed by atoms with Crippen LogP contribution in [0.5, 0.6) is 0 Å². The van der Waals surface area contributed by atoms with E-state index in [1.807, 2.05) is 60.5 Å². The molecular weight excluding hydrogens is 366 g/mol. The molecule has 7 nitrogen and oxygen atoms in total. The van der Waals surface area contributed by atoms with E-state index in [9.17, 15) is 9.59 Å². The van der Waals surface area contributed by atoms with Gasteiger partial charge in [-0.05, 0) is 25.8 Å². The molecule has 1 saturated heterocycles. The number of allylic oxidation sites excluding steroid dienone is 1. The molecule has 3 heterocycles. The summed E-state index contributed by atoms with van der Waals surface area (Å²) < 4.78 is 0. The van der Waals surface area contributed by atoms with Crippen molar-refractivity contribution in [2.24, 2.45) is 4.99 Å². The second-order valence-electron chi connectivity index (χ2n) is 7.75. The Balaban J connectivity index is 1.57. The van der Waals surface area contributed by atoms with Crippen molar-refractivity contribution in [3.8, 4) is 0 Å². The lowest BCUT2D eigenvalue weighted by Crippen LogP contribution is -2.64. The molecule has 4 rings (SSSR count). The van der Waals surface area contributed by atoms with E-state index in [1.165, 1.54) is 4.90 Å². The number of amides is 3. The maximum atomic E-state index is 13.3. The Morgan fingerprint density at radius 1 is 1.21 bits per heavy atom. The Morgan fingerprint density at radius 2 is 1.93 bits per heavy atom. The van der Waals surface area contributed by atoms with Gasteiger partial charge in [0.25, 0.3) is 5.91 Å². The largest absolute Gasteiger partial charge is 0.328 e. The zero-order valence-corrected chi connectivity index (χ0v) is 17.3. The van der Waals surface area contributed by atoms with Gasteiger partial charge in [0.05, 0.1) is 0 Å². The lowest BCUT2D eigenvalue weighted by molar-refractivity contribution is -0.136. The van der Waals surface area contributed by atoms with E-state index >= 15 is 0 Å². The van der Waals surface area contributed by atoms with Gasteiger partial charge in [-0.3, -0.25) is 9.69 Å². The van der Waals surface area contributed by atoms with Crippen molar-refractivity contribution in [3.05, 3.63) is 53.9 Å². The fourth-order valence-electron chi connectivity index (χ4n) is 4.13. The zero-order chi connectivity index (χ0) is 20.7. The molecule has 3 aliphatic heterocycles. The number of nitrogens with zero attached hydrogens (tertiary/aromatic N) is 5. The standard InChI is InChI=1S/C22H27N5O2/c1-5-15(2)27-16(3)14-26-18-19(23-21(26)27)24(4)22(29)25(20(18)28)13-9-12-17-10-7-6-8-11-17/h6-12,14-15,18-19H,5,13H2,1-4H3/b12-9+. The Labute approximate surface area is 171 Å². The molecule has 1 aromatic rings. The summed E-state index contributed by atoms with van der Waals surface area (Å²) in [7, 11) is 1.72. The number of aliphatic imine (C=N–C) groups is 1.